The molecule has 1 aromatic carbocycles. The van der Waals surface area contributed by atoms with Crippen LogP contribution in [0.1, 0.15) is 32.3 Å². The van der Waals surface area contributed by atoms with E-state index in [1.165, 1.54) is 24.9 Å². The smallest absolute Gasteiger partial charge is 0.119 e. The Kier molecular flexibility index (Phi) is 7.35. The molecule has 2 N–H and O–H groups in total. The lowest BCUT2D eigenvalue weighted by atomic mass is 9.90. The first-order valence-electron chi connectivity index (χ1n) is 7.40. The molecule has 1 heterocycles. The summed E-state index contributed by atoms with van der Waals surface area (Å²) in [7, 11) is 0. The predicted octanol–water partition coefficient (Wildman–Crippen LogP) is 3.07. The average Bonchev–Trinajstić information content (AvgIpc) is 2.42. The van der Waals surface area contributed by atoms with Gasteiger partial charge in [0.25, 0.3) is 0 Å². The first kappa shape index (κ1) is 17.3. The zero-order valence-electron chi connectivity index (χ0n) is 12.5. The van der Waals surface area contributed by atoms with Crippen LogP contribution in [0.25, 0.3) is 0 Å². The largest absolute Gasteiger partial charge is 0.494 e. The Morgan fingerprint density at radius 3 is 2.60 bits per heavy atom. The lowest BCUT2D eigenvalue weighted by molar-refractivity contribution is 0.0990. The van der Waals surface area contributed by atoms with Crippen LogP contribution in [0.4, 0.5) is 0 Å². The van der Waals surface area contributed by atoms with Crippen LogP contribution in [0.15, 0.2) is 24.3 Å². The molecular formula is C16H27ClN2O. The monoisotopic (exact) mass is 298 g/mol. The molecule has 20 heavy (non-hydrogen) atoms. The summed E-state index contributed by atoms with van der Waals surface area (Å²) in [5.74, 6) is 1.66. The standard InChI is InChI=1S/C16H26N2O.ClH/c1-3-19-15-8-6-14(7-9-15)12-18-10-4-5-13(2)16(18)11-17;/h6-9,13,16H,3-5,10-12,17H2,1-2H3;1H. The van der Waals surface area contributed by atoms with Crippen molar-refractivity contribution in [3.05, 3.63) is 29.8 Å². The minimum absolute atomic E-state index is 0. The van der Waals surface area contributed by atoms with E-state index >= 15 is 0 Å². The summed E-state index contributed by atoms with van der Waals surface area (Å²) >= 11 is 0. The number of nitrogens with two attached hydrogens (primary N) is 1. The number of benzene rings is 1. The molecular weight excluding hydrogens is 272 g/mol. The summed E-state index contributed by atoms with van der Waals surface area (Å²) in [6.07, 6.45) is 2.59. The number of hydrogen-bond donors (Lipinski definition) is 1. The van der Waals surface area contributed by atoms with Crippen LogP contribution >= 0.6 is 12.4 Å². The van der Waals surface area contributed by atoms with E-state index in [2.05, 4.69) is 36.1 Å². The van der Waals surface area contributed by atoms with Crippen LogP contribution in [0, 0.1) is 5.92 Å². The lowest BCUT2D eigenvalue weighted by Gasteiger charge is -2.39. The van der Waals surface area contributed by atoms with Crippen LogP contribution in [0.5, 0.6) is 5.75 Å². The van der Waals surface area contributed by atoms with Crippen LogP contribution in [0.3, 0.4) is 0 Å². The van der Waals surface area contributed by atoms with Gasteiger partial charge in [0, 0.05) is 19.1 Å². The second-order valence-electron chi connectivity index (χ2n) is 5.47. The number of rotatable bonds is 5. The molecule has 0 amide bonds. The van der Waals surface area contributed by atoms with Gasteiger partial charge < -0.3 is 10.5 Å². The van der Waals surface area contributed by atoms with Gasteiger partial charge in [-0.2, -0.15) is 0 Å². The zero-order chi connectivity index (χ0) is 13.7. The summed E-state index contributed by atoms with van der Waals surface area (Å²) in [5.41, 5.74) is 7.28. The Morgan fingerprint density at radius 1 is 1.30 bits per heavy atom. The number of nitrogens with zero attached hydrogens (tertiary/aromatic N) is 1. The van der Waals surface area contributed by atoms with Gasteiger partial charge in [-0.1, -0.05) is 19.1 Å². The lowest BCUT2D eigenvalue weighted by Crippen LogP contribution is -2.47. The molecule has 0 aliphatic carbocycles. The quantitative estimate of drug-likeness (QED) is 0.908. The molecule has 1 fully saturated rings. The molecule has 2 rings (SSSR count). The van der Waals surface area contributed by atoms with Gasteiger partial charge in [0.1, 0.15) is 5.75 Å². The molecule has 0 spiro atoms. The molecule has 0 saturated carbocycles. The van der Waals surface area contributed by atoms with E-state index in [1.807, 2.05) is 6.92 Å². The molecule has 2 unspecified atom stereocenters. The Hall–Kier alpha value is -0.770. The highest BCUT2D eigenvalue weighted by Crippen LogP contribution is 2.24. The van der Waals surface area contributed by atoms with Gasteiger partial charge in [-0.05, 0) is 49.9 Å². The zero-order valence-corrected chi connectivity index (χ0v) is 13.4. The second kappa shape index (κ2) is 8.50. The minimum atomic E-state index is 0. The topological polar surface area (TPSA) is 38.5 Å². The fourth-order valence-corrected chi connectivity index (χ4v) is 3.00. The summed E-state index contributed by atoms with van der Waals surface area (Å²) in [5, 5.41) is 0. The fraction of sp³-hybridized carbons (Fsp3) is 0.625. The van der Waals surface area contributed by atoms with Gasteiger partial charge in [0.15, 0.2) is 0 Å². The van der Waals surface area contributed by atoms with Crippen molar-refractivity contribution in [3.8, 4) is 5.75 Å². The molecule has 0 radical (unpaired) electrons. The third-order valence-corrected chi connectivity index (χ3v) is 4.09. The molecule has 0 aromatic heterocycles. The normalized spacial score (nSPS) is 23.1. The van der Waals surface area contributed by atoms with E-state index in [4.69, 9.17) is 10.5 Å². The number of hydrogen-bond acceptors (Lipinski definition) is 3. The van der Waals surface area contributed by atoms with E-state index in [-0.39, 0.29) is 12.4 Å². The Balaban J connectivity index is 0.00000200. The van der Waals surface area contributed by atoms with Crippen molar-refractivity contribution in [1.82, 2.24) is 4.90 Å². The third kappa shape index (κ3) is 4.37. The van der Waals surface area contributed by atoms with Gasteiger partial charge in [-0.25, -0.2) is 0 Å². The Morgan fingerprint density at radius 2 is 2.00 bits per heavy atom. The molecule has 1 aliphatic heterocycles. The van der Waals surface area contributed by atoms with Crippen molar-refractivity contribution in [1.29, 1.82) is 0 Å². The molecule has 4 heteroatoms. The summed E-state index contributed by atoms with van der Waals surface area (Å²) < 4.78 is 5.48. The number of ether oxygens (including phenoxy) is 1. The van der Waals surface area contributed by atoms with Gasteiger partial charge in [0.05, 0.1) is 6.61 Å². The first-order valence-corrected chi connectivity index (χ1v) is 7.40. The predicted molar refractivity (Wildman–Crippen MR) is 86.5 cm³/mol. The van der Waals surface area contributed by atoms with E-state index in [0.717, 1.165) is 25.4 Å². The van der Waals surface area contributed by atoms with Crippen LogP contribution in [-0.4, -0.2) is 30.6 Å². The second-order valence-corrected chi connectivity index (χ2v) is 5.47. The van der Waals surface area contributed by atoms with Crippen LogP contribution < -0.4 is 10.5 Å². The summed E-state index contributed by atoms with van der Waals surface area (Å²) in [6, 6.07) is 8.98. The summed E-state index contributed by atoms with van der Waals surface area (Å²) in [6.45, 7) is 7.98. The van der Waals surface area contributed by atoms with Crippen molar-refractivity contribution in [2.75, 3.05) is 19.7 Å². The first-order chi connectivity index (χ1) is 9.24. The Labute approximate surface area is 128 Å². The van der Waals surface area contributed by atoms with Crippen molar-refractivity contribution < 1.29 is 4.74 Å². The van der Waals surface area contributed by atoms with E-state index < -0.39 is 0 Å². The molecule has 3 nitrogen and oxygen atoms in total. The van der Waals surface area contributed by atoms with E-state index in [1.54, 1.807) is 0 Å². The molecule has 1 saturated heterocycles. The van der Waals surface area contributed by atoms with Crippen LogP contribution in [-0.2, 0) is 6.54 Å². The summed E-state index contributed by atoms with van der Waals surface area (Å²) in [4.78, 5) is 2.53. The molecule has 0 bridgehead atoms. The van der Waals surface area contributed by atoms with Crippen molar-refractivity contribution in [2.24, 2.45) is 11.7 Å². The third-order valence-electron chi connectivity index (χ3n) is 4.09. The average molecular weight is 299 g/mol. The Bertz CT molecular complexity index is 383. The van der Waals surface area contributed by atoms with E-state index in [9.17, 15) is 0 Å². The highest BCUT2D eigenvalue weighted by Gasteiger charge is 2.27. The highest BCUT2D eigenvalue weighted by molar-refractivity contribution is 5.85. The van der Waals surface area contributed by atoms with Gasteiger partial charge in [-0.15, -0.1) is 12.4 Å². The number of halogens is 1. The highest BCUT2D eigenvalue weighted by atomic mass is 35.5. The van der Waals surface area contributed by atoms with Gasteiger partial charge in [-0.3, -0.25) is 4.90 Å². The number of piperidine rings is 1. The van der Waals surface area contributed by atoms with E-state index in [0.29, 0.717) is 12.0 Å². The molecule has 114 valence electrons. The van der Waals surface area contributed by atoms with Crippen LogP contribution in [0.2, 0.25) is 0 Å². The van der Waals surface area contributed by atoms with Gasteiger partial charge in [0.2, 0.25) is 0 Å². The van der Waals surface area contributed by atoms with Crippen molar-refractivity contribution >= 4 is 12.4 Å². The maximum atomic E-state index is 5.94. The maximum absolute atomic E-state index is 5.94. The molecule has 1 aromatic rings. The van der Waals surface area contributed by atoms with Crippen molar-refractivity contribution in [2.45, 2.75) is 39.3 Å². The minimum Gasteiger partial charge on any atom is -0.494 e. The van der Waals surface area contributed by atoms with Gasteiger partial charge >= 0.3 is 0 Å². The maximum Gasteiger partial charge on any atom is 0.119 e. The number of likely N-dealkylation sites (tertiary alicyclic amines) is 1. The molecule has 1 aliphatic rings. The SMILES string of the molecule is CCOc1ccc(CN2CCCC(C)C2CN)cc1.Cl. The fourth-order valence-electron chi connectivity index (χ4n) is 3.00. The van der Waals surface area contributed by atoms with Crippen molar-refractivity contribution in [3.63, 3.8) is 0 Å². The molecule has 2 atom stereocenters.